The molecular weight excluding hydrogens is 330 g/mol. The van der Waals surface area contributed by atoms with E-state index in [1.807, 2.05) is 12.1 Å². The minimum Gasteiger partial charge on any atom is -0.393 e. The van der Waals surface area contributed by atoms with Gasteiger partial charge >= 0.3 is 0 Å². The first-order valence-electron chi connectivity index (χ1n) is 6.57. The first kappa shape index (κ1) is 16.7. The second-order valence-corrected chi connectivity index (χ2v) is 8.53. The van der Waals surface area contributed by atoms with Gasteiger partial charge in [-0.05, 0) is 17.7 Å². The Balaban J connectivity index is 2.51. The van der Waals surface area contributed by atoms with Gasteiger partial charge < -0.3 is 10.5 Å². The van der Waals surface area contributed by atoms with Crippen LogP contribution in [0.3, 0.4) is 0 Å². The highest BCUT2D eigenvalue weighted by Gasteiger charge is 2.72. The van der Waals surface area contributed by atoms with E-state index in [0.29, 0.717) is 5.02 Å². The molecule has 0 radical (unpaired) electrons. The predicted molar refractivity (Wildman–Crippen MR) is 88.5 cm³/mol. The van der Waals surface area contributed by atoms with Crippen molar-refractivity contribution in [2.45, 2.75) is 18.1 Å². The van der Waals surface area contributed by atoms with Crippen LogP contribution in [0.25, 0.3) is 0 Å². The Labute approximate surface area is 135 Å². The first-order valence-corrected chi connectivity index (χ1v) is 9.07. The third-order valence-corrected chi connectivity index (χ3v) is 7.02. The molecule has 0 saturated heterocycles. The third-order valence-electron chi connectivity index (χ3n) is 4.12. The van der Waals surface area contributed by atoms with E-state index in [-0.39, 0.29) is 23.3 Å². The lowest BCUT2D eigenvalue weighted by molar-refractivity contribution is 0.166. The predicted octanol–water partition coefficient (Wildman–Crippen LogP) is 2.16. The van der Waals surface area contributed by atoms with E-state index in [9.17, 15) is 8.42 Å². The molecule has 1 aliphatic carbocycles. The summed E-state index contributed by atoms with van der Waals surface area (Å²) in [4.78, 5) is 0.186. The zero-order chi connectivity index (χ0) is 15.8. The van der Waals surface area contributed by atoms with Crippen molar-refractivity contribution >= 4 is 38.6 Å². The fourth-order valence-corrected chi connectivity index (χ4v) is 5.62. The Kier molecular flexibility index (Phi) is 4.63. The highest BCUT2D eigenvalue weighted by molar-refractivity contribution is 7.92. The lowest BCUT2D eigenvalue weighted by Gasteiger charge is -2.15. The Bertz CT molecular complexity index is 645. The molecule has 0 spiro atoms. The summed E-state index contributed by atoms with van der Waals surface area (Å²) in [5, 5.41) is -0.0319. The highest BCUT2D eigenvalue weighted by atomic mass is 35.5. The van der Waals surface area contributed by atoms with E-state index in [0.717, 1.165) is 5.56 Å². The molecule has 1 aromatic carbocycles. The molecule has 0 amide bonds. The fourth-order valence-electron chi connectivity index (χ4n) is 3.03. The molecule has 21 heavy (non-hydrogen) atoms. The summed E-state index contributed by atoms with van der Waals surface area (Å²) in [6.07, 6.45) is 0. The van der Waals surface area contributed by atoms with Gasteiger partial charge in [0.15, 0.2) is 9.84 Å². The fraction of sp³-hybridized carbons (Fsp3) is 0.500. The van der Waals surface area contributed by atoms with Crippen molar-refractivity contribution in [2.75, 3.05) is 19.5 Å². The molecular formula is C14H18ClNO3S2. The number of methoxy groups -OCH3 is 1. The van der Waals surface area contributed by atoms with Crippen LogP contribution in [-0.2, 0) is 14.6 Å². The zero-order valence-corrected chi connectivity index (χ0v) is 14.3. The van der Waals surface area contributed by atoms with E-state index < -0.39 is 20.5 Å². The average molecular weight is 348 g/mol. The van der Waals surface area contributed by atoms with E-state index in [4.69, 9.17) is 34.3 Å². The Morgan fingerprint density at radius 3 is 2.43 bits per heavy atom. The van der Waals surface area contributed by atoms with Gasteiger partial charge in [0.2, 0.25) is 0 Å². The molecule has 3 atom stereocenters. The SMILES string of the molecule is CCS(=O)(=O)[C@@H]1[C@H](c2ccc(Cl)cc2)[C@@]1(COC)C(N)=S. The minimum absolute atomic E-state index is 0.0514. The standard InChI is InChI=1S/C14H18ClNO3S2/c1-3-21(17,18)12-11(9-4-6-10(15)7-5-9)14(12,8-19-2)13(16)20/h4-7,11-12H,3,8H2,1-2H3,(H2,16,20)/t11-,12+,14+/m0/s1. The lowest BCUT2D eigenvalue weighted by Crippen LogP contribution is -2.33. The maximum atomic E-state index is 12.4. The smallest absolute Gasteiger partial charge is 0.154 e. The summed E-state index contributed by atoms with van der Waals surface area (Å²) in [7, 11) is -1.77. The van der Waals surface area contributed by atoms with Crippen LogP contribution in [0.4, 0.5) is 0 Å². The molecule has 116 valence electrons. The van der Waals surface area contributed by atoms with E-state index in [2.05, 4.69) is 0 Å². The number of nitrogens with two attached hydrogens (primary N) is 1. The van der Waals surface area contributed by atoms with Crippen LogP contribution in [-0.4, -0.2) is 38.1 Å². The maximum Gasteiger partial charge on any atom is 0.154 e. The van der Waals surface area contributed by atoms with Gasteiger partial charge in [-0.3, -0.25) is 0 Å². The Morgan fingerprint density at radius 2 is 2.00 bits per heavy atom. The molecule has 2 rings (SSSR count). The summed E-state index contributed by atoms with van der Waals surface area (Å²) in [5.41, 5.74) is 5.92. The van der Waals surface area contributed by atoms with Gasteiger partial charge in [0.1, 0.15) is 0 Å². The van der Waals surface area contributed by atoms with Crippen LogP contribution in [0.2, 0.25) is 5.02 Å². The summed E-state index contributed by atoms with van der Waals surface area (Å²) >= 11 is 11.1. The number of rotatable bonds is 6. The molecule has 0 bridgehead atoms. The second kappa shape index (κ2) is 5.83. The monoisotopic (exact) mass is 347 g/mol. The average Bonchev–Trinajstić information content (AvgIpc) is 3.11. The van der Waals surface area contributed by atoms with Gasteiger partial charge in [0.05, 0.1) is 22.3 Å². The minimum atomic E-state index is -3.29. The number of hydrogen-bond donors (Lipinski definition) is 1. The molecule has 1 fully saturated rings. The van der Waals surface area contributed by atoms with Crippen molar-refractivity contribution in [3.05, 3.63) is 34.9 Å². The van der Waals surface area contributed by atoms with Crippen molar-refractivity contribution in [3.8, 4) is 0 Å². The van der Waals surface area contributed by atoms with Crippen LogP contribution in [0.5, 0.6) is 0 Å². The molecule has 1 saturated carbocycles. The van der Waals surface area contributed by atoms with E-state index in [1.165, 1.54) is 7.11 Å². The van der Waals surface area contributed by atoms with Gasteiger partial charge in [-0.2, -0.15) is 0 Å². The summed E-state index contributed by atoms with van der Waals surface area (Å²) < 4.78 is 30.0. The molecule has 0 heterocycles. The molecule has 1 aromatic rings. The van der Waals surface area contributed by atoms with Crippen molar-refractivity contribution in [1.82, 2.24) is 0 Å². The lowest BCUT2D eigenvalue weighted by atomic mass is 10.00. The second-order valence-electron chi connectivity index (χ2n) is 5.24. The quantitative estimate of drug-likeness (QED) is 0.798. The van der Waals surface area contributed by atoms with Gasteiger partial charge in [-0.25, -0.2) is 8.42 Å². The normalized spacial score (nSPS) is 28.3. The van der Waals surface area contributed by atoms with Gasteiger partial charge in [-0.15, -0.1) is 0 Å². The van der Waals surface area contributed by atoms with Gasteiger partial charge in [0, 0.05) is 23.8 Å². The largest absolute Gasteiger partial charge is 0.393 e. The van der Waals surface area contributed by atoms with E-state index >= 15 is 0 Å². The summed E-state index contributed by atoms with van der Waals surface area (Å²) in [5.74, 6) is -0.229. The van der Waals surface area contributed by atoms with Crippen LogP contribution in [0.15, 0.2) is 24.3 Å². The number of thiocarbonyl (C=S) groups is 1. The zero-order valence-electron chi connectivity index (χ0n) is 11.9. The van der Waals surface area contributed by atoms with Crippen LogP contribution < -0.4 is 5.73 Å². The third kappa shape index (κ3) is 2.70. The highest BCUT2D eigenvalue weighted by Crippen LogP contribution is 2.63. The summed E-state index contributed by atoms with van der Waals surface area (Å²) in [6.45, 7) is 1.82. The van der Waals surface area contributed by atoms with Gasteiger partial charge in [-0.1, -0.05) is 42.9 Å². The topological polar surface area (TPSA) is 69.4 Å². The molecule has 4 nitrogen and oxygen atoms in total. The number of benzene rings is 1. The molecule has 1 aliphatic rings. The first-order chi connectivity index (χ1) is 9.81. The van der Waals surface area contributed by atoms with Crippen LogP contribution in [0, 0.1) is 5.41 Å². The van der Waals surface area contributed by atoms with Crippen LogP contribution in [0.1, 0.15) is 18.4 Å². The van der Waals surface area contributed by atoms with Crippen molar-refractivity contribution in [3.63, 3.8) is 0 Å². The molecule has 0 unspecified atom stereocenters. The molecule has 2 N–H and O–H groups in total. The Hall–Kier alpha value is -0.690. The Morgan fingerprint density at radius 1 is 1.43 bits per heavy atom. The van der Waals surface area contributed by atoms with Crippen molar-refractivity contribution in [1.29, 1.82) is 0 Å². The van der Waals surface area contributed by atoms with Crippen molar-refractivity contribution in [2.24, 2.45) is 11.1 Å². The number of hydrogen-bond acceptors (Lipinski definition) is 4. The molecule has 7 heteroatoms. The van der Waals surface area contributed by atoms with Gasteiger partial charge in [0.25, 0.3) is 0 Å². The number of sulfone groups is 1. The number of halogens is 1. The summed E-state index contributed by atoms with van der Waals surface area (Å²) in [6, 6.07) is 7.12. The van der Waals surface area contributed by atoms with Crippen LogP contribution >= 0.6 is 23.8 Å². The molecule has 0 aliphatic heterocycles. The number of ether oxygens (including phenoxy) is 1. The van der Waals surface area contributed by atoms with Crippen molar-refractivity contribution < 1.29 is 13.2 Å². The van der Waals surface area contributed by atoms with E-state index in [1.54, 1.807) is 19.1 Å². The molecule has 0 aromatic heterocycles. The maximum absolute atomic E-state index is 12.4.